The summed E-state index contributed by atoms with van der Waals surface area (Å²) in [7, 11) is 3.48. The van der Waals surface area contributed by atoms with Gasteiger partial charge in [-0.3, -0.25) is 0 Å². The molecule has 10 heavy (non-hydrogen) atoms. The first-order valence-corrected chi connectivity index (χ1v) is 5.27. The first kappa shape index (κ1) is 10.4. The highest BCUT2D eigenvalue weighted by molar-refractivity contribution is 7.16. The number of rotatable bonds is 7. The normalized spacial score (nSPS) is 10.2. The van der Waals surface area contributed by atoms with E-state index in [2.05, 4.69) is 16.2 Å². The zero-order chi connectivity index (χ0) is 7.66. The second kappa shape index (κ2) is 9.43. The van der Waals surface area contributed by atoms with E-state index in [4.69, 9.17) is 0 Å². The van der Waals surface area contributed by atoms with Crippen LogP contribution < -0.4 is 0 Å². The summed E-state index contributed by atoms with van der Waals surface area (Å²) in [5, 5.41) is 0. The number of hydrogen-bond acceptors (Lipinski definition) is 0. The molecule has 0 aliphatic carbocycles. The fourth-order valence-corrected chi connectivity index (χ4v) is 1.33. The van der Waals surface area contributed by atoms with Crippen molar-refractivity contribution in [3.63, 3.8) is 0 Å². The van der Waals surface area contributed by atoms with Crippen LogP contribution in [0.3, 0.4) is 0 Å². The van der Waals surface area contributed by atoms with Crippen molar-refractivity contribution in [1.82, 2.24) is 0 Å². The topological polar surface area (TPSA) is 0 Å². The van der Waals surface area contributed by atoms with Gasteiger partial charge in [-0.25, -0.2) is 0 Å². The lowest BCUT2D eigenvalue weighted by molar-refractivity contribution is 0.603. The van der Waals surface area contributed by atoms with Crippen LogP contribution >= 0.6 is 9.24 Å². The summed E-state index contributed by atoms with van der Waals surface area (Å²) in [6.07, 6.45) is 11.0. The SMILES string of the molecule is CCCCCCCCC[PH]. The third kappa shape index (κ3) is 8.43. The molecule has 0 aliphatic rings. The van der Waals surface area contributed by atoms with Crippen LogP contribution in [0.1, 0.15) is 51.9 Å². The quantitative estimate of drug-likeness (QED) is 0.390. The van der Waals surface area contributed by atoms with Crippen molar-refractivity contribution in [1.29, 1.82) is 0 Å². The summed E-state index contributed by atoms with van der Waals surface area (Å²) in [5.74, 6) is 0. The van der Waals surface area contributed by atoms with Crippen LogP contribution in [0.5, 0.6) is 0 Å². The van der Waals surface area contributed by atoms with Gasteiger partial charge in [0.05, 0.1) is 0 Å². The Kier molecular flexibility index (Phi) is 9.84. The van der Waals surface area contributed by atoms with Gasteiger partial charge in [0.25, 0.3) is 0 Å². The maximum atomic E-state index is 3.48. The van der Waals surface area contributed by atoms with Crippen molar-refractivity contribution in [3.8, 4) is 0 Å². The third-order valence-electron chi connectivity index (χ3n) is 1.78. The lowest BCUT2D eigenvalue weighted by atomic mass is 10.1. The van der Waals surface area contributed by atoms with Crippen LogP contribution in [-0.2, 0) is 0 Å². The van der Waals surface area contributed by atoms with Crippen molar-refractivity contribution in [2.24, 2.45) is 0 Å². The Bertz CT molecular complexity index is 44.7. The molecule has 0 atom stereocenters. The Balaban J connectivity index is 2.65. The average Bonchev–Trinajstić information content (AvgIpc) is 1.97. The Morgan fingerprint density at radius 3 is 1.80 bits per heavy atom. The Morgan fingerprint density at radius 2 is 1.30 bits per heavy atom. The van der Waals surface area contributed by atoms with E-state index in [1.165, 1.54) is 51.1 Å². The smallest absolute Gasteiger partial charge is 0.0317 e. The van der Waals surface area contributed by atoms with Crippen molar-refractivity contribution >= 4 is 9.24 Å². The standard InChI is InChI=1S/C9H20P/c1-2-3-4-5-6-7-8-9-10/h10H,2-9H2,1H3. The Morgan fingerprint density at radius 1 is 0.800 bits per heavy atom. The minimum Gasteiger partial charge on any atom is -0.0992 e. The molecule has 1 heteroatoms. The van der Waals surface area contributed by atoms with Gasteiger partial charge in [0.1, 0.15) is 0 Å². The zero-order valence-corrected chi connectivity index (χ0v) is 8.16. The van der Waals surface area contributed by atoms with Crippen molar-refractivity contribution < 1.29 is 0 Å². The van der Waals surface area contributed by atoms with E-state index in [-0.39, 0.29) is 0 Å². The van der Waals surface area contributed by atoms with Crippen molar-refractivity contribution in [2.45, 2.75) is 51.9 Å². The largest absolute Gasteiger partial charge is 0.0992 e. The highest BCUT2D eigenvalue weighted by Crippen LogP contribution is 2.07. The molecule has 61 valence electrons. The number of unbranched alkanes of at least 4 members (excludes halogenated alkanes) is 6. The molecule has 0 heterocycles. The molecule has 0 nitrogen and oxygen atoms in total. The zero-order valence-electron chi connectivity index (χ0n) is 7.16. The van der Waals surface area contributed by atoms with Gasteiger partial charge in [0, 0.05) is 0 Å². The summed E-state index contributed by atoms with van der Waals surface area (Å²) in [6.45, 7) is 2.26. The lowest BCUT2D eigenvalue weighted by Crippen LogP contribution is -1.79. The van der Waals surface area contributed by atoms with Gasteiger partial charge >= 0.3 is 0 Å². The molecule has 0 aromatic heterocycles. The lowest BCUT2D eigenvalue weighted by Gasteiger charge is -1.97. The average molecular weight is 159 g/mol. The van der Waals surface area contributed by atoms with Crippen molar-refractivity contribution in [2.75, 3.05) is 6.16 Å². The minimum atomic E-state index is 1.17. The fraction of sp³-hybridized carbons (Fsp3) is 1.00. The van der Waals surface area contributed by atoms with Gasteiger partial charge in [-0.05, 0) is 12.6 Å². The van der Waals surface area contributed by atoms with Crippen LogP contribution in [0.25, 0.3) is 0 Å². The predicted octanol–water partition coefficient (Wildman–Crippen LogP) is 3.88. The molecule has 0 rings (SSSR count). The summed E-state index contributed by atoms with van der Waals surface area (Å²) >= 11 is 0. The summed E-state index contributed by atoms with van der Waals surface area (Å²) < 4.78 is 0. The van der Waals surface area contributed by atoms with Crippen LogP contribution in [0, 0.1) is 0 Å². The van der Waals surface area contributed by atoms with Gasteiger partial charge < -0.3 is 0 Å². The Hall–Kier alpha value is 0.430. The molecular weight excluding hydrogens is 139 g/mol. The summed E-state index contributed by atoms with van der Waals surface area (Å²) in [6, 6.07) is 0. The highest BCUT2D eigenvalue weighted by atomic mass is 31.0. The molecule has 0 aromatic rings. The number of hydrogen-bond donors (Lipinski definition) is 0. The summed E-state index contributed by atoms with van der Waals surface area (Å²) in [5.41, 5.74) is 0. The van der Waals surface area contributed by atoms with Crippen LogP contribution in [-0.4, -0.2) is 6.16 Å². The molecule has 0 amide bonds. The predicted molar refractivity (Wildman–Crippen MR) is 51.2 cm³/mol. The highest BCUT2D eigenvalue weighted by Gasteiger charge is 1.87. The van der Waals surface area contributed by atoms with E-state index >= 15 is 0 Å². The molecule has 0 N–H and O–H groups in total. The van der Waals surface area contributed by atoms with Crippen LogP contribution in [0.4, 0.5) is 0 Å². The minimum absolute atomic E-state index is 1.17. The summed E-state index contributed by atoms with van der Waals surface area (Å²) in [4.78, 5) is 0. The van der Waals surface area contributed by atoms with E-state index < -0.39 is 0 Å². The molecule has 0 bridgehead atoms. The van der Waals surface area contributed by atoms with Gasteiger partial charge in [0.2, 0.25) is 0 Å². The second-order valence-corrected chi connectivity index (χ2v) is 3.37. The molecule has 0 saturated heterocycles. The first-order valence-electron chi connectivity index (χ1n) is 4.56. The fourth-order valence-electron chi connectivity index (χ4n) is 1.08. The van der Waals surface area contributed by atoms with E-state index in [1.807, 2.05) is 0 Å². The second-order valence-electron chi connectivity index (χ2n) is 2.87. The molecule has 0 unspecified atom stereocenters. The molecule has 1 radical (unpaired) electrons. The molecule has 0 spiro atoms. The monoisotopic (exact) mass is 159 g/mol. The van der Waals surface area contributed by atoms with E-state index in [0.29, 0.717) is 0 Å². The van der Waals surface area contributed by atoms with Crippen LogP contribution in [0.2, 0.25) is 0 Å². The van der Waals surface area contributed by atoms with Gasteiger partial charge in [-0.15, -0.1) is 0 Å². The first-order chi connectivity index (χ1) is 4.91. The van der Waals surface area contributed by atoms with Crippen LogP contribution in [0.15, 0.2) is 0 Å². The van der Waals surface area contributed by atoms with Gasteiger partial charge in [-0.1, -0.05) is 54.7 Å². The maximum absolute atomic E-state index is 3.48. The van der Waals surface area contributed by atoms with Crippen molar-refractivity contribution in [3.05, 3.63) is 0 Å². The van der Waals surface area contributed by atoms with Gasteiger partial charge in [-0.2, -0.15) is 0 Å². The van der Waals surface area contributed by atoms with E-state index in [0.717, 1.165) is 0 Å². The molecule has 0 aromatic carbocycles. The van der Waals surface area contributed by atoms with E-state index in [1.54, 1.807) is 0 Å². The molecule has 0 aliphatic heterocycles. The molecule has 0 saturated carbocycles. The molecule has 0 fully saturated rings. The Labute approximate surface area is 68.0 Å². The van der Waals surface area contributed by atoms with E-state index in [9.17, 15) is 0 Å². The molecular formula is C9H20P. The maximum Gasteiger partial charge on any atom is -0.0317 e. The van der Waals surface area contributed by atoms with Gasteiger partial charge in [0.15, 0.2) is 0 Å². The third-order valence-corrected chi connectivity index (χ3v) is 2.13.